The van der Waals surface area contributed by atoms with Crippen LogP contribution in [0.3, 0.4) is 0 Å². The van der Waals surface area contributed by atoms with Crippen molar-refractivity contribution in [1.82, 2.24) is 24.2 Å². The number of fused-ring (bicyclic) bond motifs is 1. The number of aromatic nitrogens is 3. The molecule has 3 rings (SSSR count). The maximum atomic E-state index is 11.4. The van der Waals surface area contributed by atoms with Crippen molar-refractivity contribution in [2.75, 3.05) is 14.2 Å². The van der Waals surface area contributed by atoms with E-state index in [0.29, 0.717) is 0 Å². The van der Waals surface area contributed by atoms with Crippen molar-refractivity contribution in [3.8, 4) is 11.4 Å². The zero-order chi connectivity index (χ0) is 17.2. The normalized spacial score (nSPS) is 11.8. The molecule has 2 heterocycles. The lowest BCUT2D eigenvalue weighted by molar-refractivity contribution is 0.415. The molecule has 3 aromatic rings. The fourth-order valence-electron chi connectivity index (χ4n) is 2.27. The highest BCUT2D eigenvalue weighted by Gasteiger charge is 2.09. The van der Waals surface area contributed by atoms with Gasteiger partial charge in [0.15, 0.2) is 0 Å². The molecule has 0 aliphatic rings. The quantitative estimate of drug-likeness (QED) is 0.693. The van der Waals surface area contributed by atoms with E-state index in [4.69, 9.17) is 4.74 Å². The first-order valence-corrected chi connectivity index (χ1v) is 8.65. The summed E-state index contributed by atoms with van der Waals surface area (Å²) < 4.78 is 34.4. The first-order valence-electron chi connectivity index (χ1n) is 7.17. The molecule has 0 aliphatic carbocycles. The molecular weight excluding hydrogens is 330 g/mol. The summed E-state index contributed by atoms with van der Waals surface area (Å²) >= 11 is 0. The number of hydrogen-bond donors (Lipinski definition) is 2. The van der Waals surface area contributed by atoms with E-state index in [1.165, 1.54) is 7.05 Å². The molecule has 1 aromatic carbocycles. The van der Waals surface area contributed by atoms with Gasteiger partial charge < -0.3 is 4.74 Å². The van der Waals surface area contributed by atoms with Gasteiger partial charge in [-0.25, -0.2) is 9.40 Å². The third-order valence-electron chi connectivity index (χ3n) is 3.54. The lowest BCUT2D eigenvalue weighted by Crippen LogP contribution is -2.33. The van der Waals surface area contributed by atoms with Crippen LogP contribution in [0.25, 0.3) is 16.6 Å². The summed E-state index contributed by atoms with van der Waals surface area (Å²) in [6.07, 6.45) is 5.09. The van der Waals surface area contributed by atoms with E-state index in [-0.39, 0.29) is 6.54 Å². The molecule has 0 fully saturated rings. The molecule has 0 saturated heterocycles. The van der Waals surface area contributed by atoms with Crippen molar-refractivity contribution in [2.45, 2.75) is 6.54 Å². The first-order chi connectivity index (χ1) is 11.5. The predicted molar refractivity (Wildman–Crippen MR) is 90.2 cm³/mol. The van der Waals surface area contributed by atoms with Gasteiger partial charge in [-0.2, -0.15) is 18.2 Å². The lowest BCUT2D eigenvalue weighted by atomic mass is 10.2. The van der Waals surface area contributed by atoms with Gasteiger partial charge in [0.2, 0.25) is 0 Å². The topological polar surface area (TPSA) is 98.1 Å². The Morgan fingerprint density at radius 2 is 2.12 bits per heavy atom. The van der Waals surface area contributed by atoms with Crippen molar-refractivity contribution < 1.29 is 13.2 Å². The average Bonchev–Trinajstić information content (AvgIpc) is 3.08. The van der Waals surface area contributed by atoms with Gasteiger partial charge >= 0.3 is 0 Å². The highest BCUT2D eigenvalue weighted by Crippen LogP contribution is 2.24. The van der Waals surface area contributed by atoms with E-state index in [1.807, 2.05) is 24.3 Å². The minimum Gasteiger partial charge on any atom is -0.497 e. The number of hydrogen-bond acceptors (Lipinski definition) is 5. The van der Waals surface area contributed by atoms with E-state index in [1.54, 1.807) is 30.4 Å². The Bertz CT molecular complexity index is 968. The van der Waals surface area contributed by atoms with Crippen molar-refractivity contribution in [2.24, 2.45) is 0 Å². The summed E-state index contributed by atoms with van der Waals surface area (Å²) in [5, 5.41) is 5.23. The van der Waals surface area contributed by atoms with Crippen molar-refractivity contribution >= 4 is 21.1 Å². The zero-order valence-electron chi connectivity index (χ0n) is 13.2. The fraction of sp³-hybridized carbons (Fsp3) is 0.200. The molecule has 0 saturated carbocycles. The minimum absolute atomic E-state index is 0.153. The number of nitrogens with zero attached hydrogens (tertiary/aromatic N) is 3. The molecule has 2 aromatic heterocycles. The summed E-state index contributed by atoms with van der Waals surface area (Å²) in [7, 11) is -0.518. The smallest absolute Gasteiger partial charge is 0.276 e. The summed E-state index contributed by atoms with van der Waals surface area (Å²) in [5.74, 6) is 0.731. The monoisotopic (exact) mass is 347 g/mol. The van der Waals surface area contributed by atoms with Gasteiger partial charge in [-0.1, -0.05) is 0 Å². The van der Waals surface area contributed by atoms with E-state index in [9.17, 15) is 8.42 Å². The van der Waals surface area contributed by atoms with Crippen LogP contribution in [-0.4, -0.2) is 37.3 Å². The second-order valence-electron chi connectivity index (χ2n) is 5.03. The standard InChI is InChI=1S/C15H17N5O3S/c1-16-24(21,22)19-9-11-8-18-20(10-11)15-5-6-17-14-7-12(23-2)3-4-13(14)15/h3-8,10,16,19H,9H2,1-2H3. The lowest BCUT2D eigenvalue weighted by Gasteiger charge is -2.07. The van der Waals surface area contributed by atoms with Crippen LogP contribution in [0.15, 0.2) is 42.9 Å². The minimum atomic E-state index is -3.48. The van der Waals surface area contributed by atoms with Gasteiger partial charge in [0.1, 0.15) is 5.75 Å². The Labute approximate surface area is 139 Å². The van der Waals surface area contributed by atoms with Crippen LogP contribution in [-0.2, 0) is 16.8 Å². The number of ether oxygens (including phenoxy) is 1. The molecule has 0 bridgehead atoms. The molecule has 8 nitrogen and oxygen atoms in total. The van der Waals surface area contributed by atoms with Gasteiger partial charge in [-0.3, -0.25) is 4.98 Å². The second-order valence-corrected chi connectivity index (χ2v) is 6.74. The third-order valence-corrected chi connectivity index (χ3v) is 4.61. The molecule has 2 N–H and O–H groups in total. The Morgan fingerprint density at radius 3 is 2.88 bits per heavy atom. The first kappa shape index (κ1) is 16.4. The number of nitrogens with one attached hydrogen (secondary N) is 2. The SMILES string of the molecule is CNS(=O)(=O)NCc1cnn(-c2ccnc3cc(OC)ccc23)c1. The molecule has 126 valence electrons. The molecule has 0 spiro atoms. The van der Waals surface area contributed by atoms with Crippen LogP contribution < -0.4 is 14.2 Å². The van der Waals surface area contributed by atoms with Gasteiger partial charge in [-0.15, -0.1) is 0 Å². The van der Waals surface area contributed by atoms with Crippen LogP contribution in [0.1, 0.15) is 5.56 Å². The van der Waals surface area contributed by atoms with E-state index in [2.05, 4.69) is 19.5 Å². The molecular formula is C15H17N5O3S. The number of pyridine rings is 1. The predicted octanol–water partition coefficient (Wildman–Crippen LogP) is 0.983. The van der Waals surface area contributed by atoms with Gasteiger partial charge in [0.05, 0.1) is 24.5 Å². The number of methoxy groups -OCH3 is 1. The molecule has 24 heavy (non-hydrogen) atoms. The Morgan fingerprint density at radius 1 is 1.29 bits per heavy atom. The molecule has 0 atom stereocenters. The molecule has 0 amide bonds. The van der Waals surface area contributed by atoms with E-state index < -0.39 is 10.2 Å². The zero-order valence-corrected chi connectivity index (χ0v) is 14.0. The maximum absolute atomic E-state index is 11.4. The van der Waals surface area contributed by atoms with Crippen LogP contribution in [0.4, 0.5) is 0 Å². The molecule has 0 unspecified atom stereocenters. The Kier molecular flexibility index (Phi) is 4.47. The molecule has 0 radical (unpaired) electrons. The largest absolute Gasteiger partial charge is 0.497 e. The van der Waals surface area contributed by atoms with E-state index >= 15 is 0 Å². The van der Waals surface area contributed by atoms with E-state index in [0.717, 1.165) is 27.9 Å². The summed E-state index contributed by atoms with van der Waals surface area (Å²) in [6, 6.07) is 7.48. The Hall–Kier alpha value is -2.49. The van der Waals surface area contributed by atoms with Crippen molar-refractivity contribution in [3.63, 3.8) is 0 Å². The van der Waals surface area contributed by atoms with Crippen LogP contribution >= 0.6 is 0 Å². The fourth-order valence-corrected chi connectivity index (χ4v) is 2.77. The van der Waals surface area contributed by atoms with Gasteiger partial charge in [-0.05, 0) is 18.2 Å². The summed E-state index contributed by atoms with van der Waals surface area (Å²) in [6.45, 7) is 0.153. The summed E-state index contributed by atoms with van der Waals surface area (Å²) in [5.41, 5.74) is 2.39. The number of benzene rings is 1. The van der Waals surface area contributed by atoms with Gasteiger partial charge in [0, 0.05) is 43.0 Å². The maximum Gasteiger partial charge on any atom is 0.276 e. The van der Waals surface area contributed by atoms with Crippen LogP contribution in [0.5, 0.6) is 5.75 Å². The third kappa shape index (κ3) is 3.37. The highest BCUT2D eigenvalue weighted by atomic mass is 32.2. The van der Waals surface area contributed by atoms with Gasteiger partial charge in [0.25, 0.3) is 10.2 Å². The van der Waals surface area contributed by atoms with Crippen LogP contribution in [0.2, 0.25) is 0 Å². The average molecular weight is 347 g/mol. The van der Waals surface area contributed by atoms with Crippen molar-refractivity contribution in [1.29, 1.82) is 0 Å². The Balaban J connectivity index is 1.91. The van der Waals surface area contributed by atoms with Crippen molar-refractivity contribution in [3.05, 3.63) is 48.4 Å². The van der Waals surface area contributed by atoms with Crippen LogP contribution in [0, 0.1) is 0 Å². The highest BCUT2D eigenvalue weighted by molar-refractivity contribution is 7.87. The summed E-state index contributed by atoms with van der Waals surface area (Å²) in [4.78, 5) is 4.34. The molecule has 0 aliphatic heterocycles. The number of rotatable bonds is 6. The second kappa shape index (κ2) is 6.56. The molecule has 9 heteroatoms.